The van der Waals surface area contributed by atoms with Crippen LogP contribution >= 0.6 is 39.9 Å². The normalized spacial score (nSPS) is 13.8. The SMILES string of the molecule is CCNC(=NCc1ccc(Br)cc1)NCC(C)(O)c1ccco1.I. The van der Waals surface area contributed by atoms with Gasteiger partial charge >= 0.3 is 0 Å². The van der Waals surface area contributed by atoms with Gasteiger partial charge in [-0.1, -0.05) is 28.1 Å². The maximum absolute atomic E-state index is 10.5. The molecule has 1 atom stereocenters. The van der Waals surface area contributed by atoms with Gasteiger partial charge in [-0.15, -0.1) is 24.0 Å². The minimum Gasteiger partial charge on any atom is -0.466 e. The summed E-state index contributed by atoms with van der Waals surface area (Å²) in [6.07, 6.45) is 1.55. The Labute approximate surface area is 168 Å². The van der Waals surface area contributed by atoms with E-state index in [-0.39, 0.29) is 24.0 Å². The lowest BCUT2D eigenvalue weighted by molar-refractivity contribution is 0.0386. The molecule has 7 heteroatoms. The molecule has 0 aliphatic carbocycles. The Morgan fingerprint density at radius 1 is 1.25 bits per heavy atom. The van der Waals surface area contributed by atoms with E-state index in [2.05, 4.69) is 31.6 Å². The number of hydrogen-bond donors (Lipinski definition) is 3. The third-order valence-corrected chi connectivity index (χ3v) is 3.86. The molecule has 1 unspecified atom stereocenters. The molecule has 0 aliphatic rings. The number of furan rings is 1. The molecule has 0 spiro atoms. The molecule has 0 saturated carbocycles. The molecule has 0 amide bonds. The number of halogens is 2. The van der Waals surface area contributed by atoms with Crippen molar-refractivity contribution in [3.8, 4) is 0 Å². The van der Waals surface area contributed by atoms with Crippen LogP contribution in [0.2, 0.25) is 0 Å². The minimum atomic E-state index is -1.10. The van der Waals surface area contributed by atoms with E-state index in [1.54, 1.807) is 25.3 Å². The topological polar surface area (TPSA) is 69.8 Å². The molecule has 3 N–H and O–H groups in total. The highest BCUT2D eigenvalue weighted by atomic mass is 127. The predicted octanol–water partition coefficient (Wildman–Crippen LogP) is 3.62. The van der Waals surface area contributed by atoms with Crippen molar-refractivity contribution in [2.24, 2.45) is 4.99 Å². The summed E-state index contributed by atoms with van der Waals surface area (Å²) in [6.45, 7) is 5.31. The molecular weight excluding hydrogens is 485 g/mol. The first-order chi connectivity index (χ1) is 11.0. The average molecular weight is 508 g/mol. The Morgan fingerprint density at radius 2 is 1.96 bits per heavy atom. The Kier molecular flexibility index (Phi) is 8.79. The minimum absolute atomic E-state index is 0. The smallest absolute Gasteiger partial charge is 0.191 e. The summed E-state index contributed by atoms with van der Waals surface area (Å²) in [4.78, 5) is 4.54. The summed E-state index contributed by atoms with van der Waals surface area (Å²) in [6, 6.07) is 11.6. The number of nitrogens with zero attached hydrogens (tertiary/aromatic N) is 1. The highest BCUT2D eigenvalue weighted by molar-refractivity contribution is 14.0. The van der Waals surface area contributed by atoms with Crippen LogP contribution in [0, 0.1) is 0 Å². The molecule has 0 radical (unpaired) electrons. The number of aliphatic hydroxyl groups is 1. The standard InChI is InChI=1S/C17H22BrN3O2.HI/c1-3-19-16(20-11-13-6-8-14(18)9-7-13)21-12-17(2,22)15-5-4-10-23-15;/h4-10,22H,3,11-12H2,1-2H3,(H2,19,20,21);1H. The quantitative estimate of drug-likeness (QED) is 0.317. The van der Waals surface area contributed by atoms with Crippen LogP contribution in [-0.2, 0) is 12.1 Å². The fourth-order valence-electron chi connectivity index (χ4n) is 2.03. The van der Waals surface area contributed by atoms with Gasteiger partial charge in [-0.2, -0.15) is 0 Å². The molecular formula is C17H23BrIN3O2. The number of aliphatic imine (C=N–C) groups is 1. The van der Waals surface area contributed by atoms with Crippen molar-refractivity contribution in [3.05, 3.63) is 58.5 Å². The van der Waals surface area contributed by atoms with Gasteiger partial charge in [0, 0.05) is 11.0 Å². The van der Waals surface area contributed by atoms with E-state index < -0.39 is 5.60 Å². The van der Waals surface area contributed by atoms with Crippen molar-refractivity contribution in [3.63, 3.8) is 0 Å². The van der Waals surface area contributed by atoms with Crippen LogP contribution in [-0.4, -0.2) is 24.2 Å². The average Bonchev–Trinajstić information content (AvgIpc) is 3.07. The summed E-state index contributed by atoms with van der Waals surface area (Å²) >= 11 is 3.42. The molecule has 2 aromatic rings. The molecule has 1 heterocycles. The Morgan fingerprint density at radius 3 is 2.54 bits per heavy atom. The second-order valence-corrected chi connectivity index (χ2v) is 6.34. The van der Waals surface area contributed by atoms with E-state index in [9.17, 15) is 5.11 Å². The van der Waals surface area contributed by atoms with E-state index in [1.807, 2.05) is 31.2 Å². The molecule has 2 rings (SSSR count). The second kappa shape index (κ2) is 10.0. The van der Waals surface area contributed by atoms with Crippen LogP contribution in [0.25, 0.3) is 0 Å². The molecule has 0 fully saturated rings. The van der Waals surface area contributed by atoms with Crippen LogP contribution in [0.5, 0.6) is 0 Å². The first-order valence-electron chi connectivity index (χ1n) is 7.54. The number of hydrogen-bond acceptors (Lipinski definition) is 3. The highest BCUT2D eigenvalue weighted by Gasteiger charge is 2.26. The monoisotopic (exact) mass is 507 g/mol. The van der Waals surface area contributed by atoms with E-state index in [1.165, 1.54) is 0 Å². The van der Waals surface area contributed by atoms with Crippen molar-refractivity contribution in [2.45, 2.75) is 26.0 Å². The summed E-state index contributed by atoms with van der Waals surface area (Å²) in [7, 11) is 0. The third-order valence-electron chi connectivity index (χ3n) is 3.33. The van der Waals surface area contributed by atoms with Gasteiger partial charge in [-0.25, -0.2) is 4.99 Å². The molecule has 1 aromatic carbocycles. The fraction of sp³-hybridized carbons (Fsp3) is 0.353. The van der Waals surface area contributed by atoms with Crippen LogP contribution in [0.15, 0.2) is 56.5 Å². The number of nitrogens with one attached hydrogen (secondary N) is 2. The third kappa shape index (κ3) is 6.45. The summed E-state index contributed by atoms with van der Waals surface area (Å²) in [5.41, 5.74) is 0.0142. The molecule has 0 saturated heterocycles. The van der Waals surface area contributed by atoms with Gasteiger partial charge in [-0.3, -0.25) is 0 Å². The number of rotatable bonds is 6. The van der Waals surface area contributed by atoms with Crippen molar-refractivity contribution in [2.75, 3.05) is 13.1 Å². The summed E-state index contributed by atoms with van der Waals surface area (Å²) < 4.78 is 6.32. The number of guanidine groups is 1. The second-order valence-electron chi connectivity index (χ2n) is 5.43. The first-order valence-corrected chi connectivity index (χ1v) is 8.33. The largest absolute Gasteiger partial charge is 0.466 e. The van der Waals surface area contributed by atoms with Crippen LogP contribution in [0.3, 0.4) is 0 Å². The van der Waals surface area contributed by atoms with E-state index in [4.69, 9.17) is 4.42 Å². The van der Waals surface area contributed by atoms with Gasteiger partial charge in [-0.05, 0) is 43.7 Å². The first kappa shape index (κ1) is 21.0. The fourth-order valence-corrected chi connectivity index (χ4v) is 2.29. The van der Waals surface area contributed by atoms with Gasteiger partial charge in [0.1, 0.15) is 11.4 Å². The Hall–Kier alpha value is -1.06. The maximum Gasteiger partial charge on any atom is 0.191 e. The zero-order valence-electron chi connectivity index (χ0n) is 13.8. The Balaban J connectivity index is 0.00000288. The van der Waals surface area contributed by atoms with Crippen LogP contribution < -0.4 is 10.6 Å². The van der Waals surface area contributed by atoms with Gasteiger partial charge in [0.25, 0.3) is 0 Å². The molecule has 1 aromatic heterocycles. The van der Waals surface area contributed by atoms with Gasteiger partial charge in [0.05, 0.1) is 19.4 Å². The van der Waals surface area contributed by atoms with Gasteiger partial charge < -0.3 is 20.2 Å². The number of benzene rings is 1. The van der Waals surface area contributed by atoms with Crippen molar-refractivity contribution in [1.82, 2.24) is 10.6 Å². The van der Waals surface area contributed by atoms with E-state index in [0.717, 1.165) is 16.6 Å². The lowest BCUT2D eigenvalue weighted by Gasteiger charge is -2.22. The lowest BCUT2D eigenvalue weighted by Crippen LogP contribution is -2.44. The molecule has 5 nitrogen and oxygen atoms in total. The molecule has 24 heavy (non-hydrogen) atoms. The summed E-state index contributed by atoms with van der Waals surface area (Å²) in [5, 5.41) is 16.8. The van der Waals surface area contributed by atoms with E-state index >= 15 is 0 Å². The summed E-state index contributed by atoms with van der Waals surface area (Å²) in [5.74, 6) is 1.18. The predicted molar refractivity (Wildman–Crippen MR) is 111 cm³/mol. The maximum atomic E-state index is 10.5. The van der Waals surface area contributed by atoms with Crippen molar-refractivity contribution in [1.29, 1.82) is 0 Å². The lowest BCUT2D eigenvalue weighted by atomic mass is 10.0. The highest BCUT2D eigenvalue weighted by Crippen LogP contribution is 2.19. The molecule has 0 aliphatic heterocycles. The Bertz CT molecular complexity index is 628. The van der Waals surface area contributed by atoms with Crippen LogP contribution in [0.1, 0.15) is 25.2 Å². The zero-order valence-corrected chi connectivity index (χ0v) is 17.7. The zero-order chi connectivity index (χ0) is 16.7. The molecule has 0 bridgehead atoms. The van der Waals surface area contributed by atoms with E-state index in [0.29, 0.717) is 24.8 Å². The molecule has 132 valence electrons. The van der Waals surface area contributed by atoms with Gasteiger partial charge in [0.2, 0.25) is 0 Å². The van der Waals surface area contributed by atoms with Crippen LogP contribution in [0.4, 0.5) is 0 Å². The van der Waals surface area contributed by atoms with Gasteiger partial charge in [0.15, 0.2) is 5.96 Å². The van der Waals surface area contributed by atoms with Crippen molar-refractivity contribution >= 4 is 45.9 Å². The van der Waals surface area contributed by atoms with Crippen molar-refractivity contribution < 1.29 is 9.52 Å².